The van der Waals surface area contributed by atoms with Crippen molar-refractivity contribution in [3.05, 3.63) is 95.6 Å². The number of rotatable bonds is 7. The first-order chi connectivity index (χ1) is 17.9. The highest BCUT2D eigenvalue weighted by Crippen LogP contribution is 2.38. The van der Waals surface area contributed by atoms with Crippen molar-refractivity contribution in [1.29, 1.82) is 0 Å². The van der Waals surface area contributed by atoms with Crippen molar-refractivity contribution in [1.82, 2.24) is 0 Å². The Morgan fingerprint density at radius 2 is 1.63 bits per heavy atom. The van der Waals surface area contributed by atoms with E-state index in [1.54, 1.807) is 55.5 Å². The third-order valence-corrected chi connectivity index (χ3v) is 8.06. The lowest BCUT2D eigenvalue weighted by atomic mass is 10.1. The van der Waals surface area contributed by atoms with E-state index in [1.807, 2.05) is 13.0 Å². The molecule has 0 saturated carbocycles. The van der Waals surface area contributed by atoms with Crippen LogP contribution in [0.5, 0.6) is 5.75 Å². The number of ether oxygens (including phenoxy) is 1. The van der Waals surface area contributed by atoms with E-state index in [0.717, 1.165) is 29.1 Å². The first-order valence-corrected chi connectivity index (χ1v) is 13.0. The Balaban J connectivity index is 1.76. The maximum atomic E-state index is 14.0. The Morgan fingerprint density at radius 3 is 2.34 bits per heavy atom. The number of sulfonamides is 1. The number of hydrogen-bond donors (Lipinski definition) is 1. The molecular formula is C28H25F3N2O4S. The molecule has 4 aromatic rings. The molecule has 0 atom stereocenters. The first-order valence-electron chi connectivity index (χ1n) is 11.6. The number of aryl methyl sites for hydroxylation is 1. The van der Waals surface area contributed by atoms with Crippen molar-refractivity contribution in [2.75, 3.05) is 23.3 Å². The van der Waals surface area contributed by atoms with Gasteiger partial charge < -0.3 is 10.1 Å². The minimum atomic E-state index is -4.71. The number of fused-ring (bicyclic) bond motifs is 1. The molecule has 0 heterocycles. The molecule has 38 heavy (non-hydrogen) atoms. The van der Waals surface area contributed by atoms with E-state index in [-0.39, 0.29) is 10.6 Å². The average Bonchev–Trinajstić information content (AvgIpc) is 2.88. The fourth-order valence-electron chi connectivity index (χ4n) is 4.18. The highest BCUT2D eigenvalue weighted by molar-refractivity contribution is 7.93. The lowest BCUT2D eigenvalue weighted by Crippen LogP contribution is -2.38. The van der Waals surface area contributed by atoms with E-state index in [4.69, 9.17) is 4.74 Å². The predicted molar refractivity (Wildman–Crippen MR) is 141 cm³/mol. The summed E-state index contributed by atoms with van der Waals surface area (Å²) in [6.45, 7) is 2.90. The minimum Gasteiger partial charge on any atom is -0.496 e. The van der Waals surface area contributed by atoms with Crippen molar-refractivity contribution in [2.24, 2.45) is 0 Å². The molecule has 198 valence electrons. The van der Waals surface area contributed by atoms with Gasteiger partial charge in [-0.05, 0) is 60.7 Å². The van der Waals surface area contributed by atoms with E-state index < -0.39 is 40.0 Å². The lowest BCUT2D eigenvalue weighted by Gasteiger charge is -2.27. The Morgan fingerprint density at radius 1 is 0.947 bits per heavy atom. The third-order valence-electron chi connectivity index (χ3n) is 6.24. The van der Waals surface area contributed by atoms with E-state index in [9.17, 15) is 26.4 Å². The predicted octanol–water partition coefficient (Wildman–Crippen LogP) is 6.32. The van der Waals surface area contributed by atoms with E-state index in [1.165, 1.54) is 12.1 Å². The van der Waals surface area contributed by atoms with Crippen LogP contribution in [0.15, 0.2) is 83.8 Å². The second-order valence-corrected chi connectivity index (χ2v) is 10.5. The largest absolute Gasteiger partial charge is 0.496 e. The summed E-state index contributed by atoms with van der Waals surface area (Å²) < 4.78 is 74.2. The van der Waals surface area contributed by atoms with Gasteiger partial charge in [0.05, 0.1) is 23.3 Å². The molecule has 1 N–H and O–H groups in total. The fourth-order valence-corrected chi connectivity index (χ4v) is 5.88. The van der Waals surface area contributed by atoms with Crippen molar-refractivity contribution >= 4 is 38.1 Å². The second-order valence-electron chi connectivity index (χ2n) is 8.67. The molecule has 0 aromatic heterocycles. The molecule has 0 aliphatic carbocycles. The Bertz CT molecular complexity index is 1610. The Hall–Kier alpha value is -4.05. The maximum Gasteiger partial charge on any atom is 0.420 e. The number of anilines is 2. The maximum absolute atomic E-state index is 14.0. The number of amides is 1. The Labute approximate surface area is 218 Å². The van der Waals surface area contributed by atoms with Crippen LogP contribution in [0.4, 0.5) is 24.5 Å². The second kappa shape index (κ2) is 10.4. The van der Waals surface area contributed by atoms with Crippen LogP contribution in [0.25, 0.3) is 10.8 Å². The van der Waals surface area contributed by atoms with Crippen LogP contribution < -0.4 is 14.4 Å². The molecule has 10 heteroatoms. The molecular weight excluding hydrogens is 517 g/mol. The topological polar surface area (TPSA) is 75.7 Å². The van der Waals surface area contributed by atoms with Gasteiger partial charge in [-0.15, -0.1) is 0 Å². The van der Waals surface area contributed by atoms with Gasteiger partial charge in [0.2, 0.25) is 5.91 Å². The number of benzene rings is 4. The number of carbonyl (C=O) groups excluding carboxylic acids is 1. The number of halogens is 3. The zero-order valence-electron chi connectivity index (χ0n) is 20.8. The standard InChI is InChI=1S/C28H25F3N2O4S/c1-18-8-6-12-24(19(18)2)33(38(35,36)26-13-7-10-20-9-4-5-11-22(20)26)17-27(34)32-21-14-15-25(37-3)23(16-21)28(29,30)31/h4-16H,17H2,1-3H3,(H,32,34). The van der Waals surface area contributed by atoms with Gasteiger partial charge >= 0.3 is 6.18 Å². The molecule has 1 amide bonds. The van der Waals surface area contributed by atoms with Gasteiger partial charge in [0, 0.05) is 11.1 Å². The molecule has 4 rings (SSSR count). The van der Waals surface area contributed by atoms with E-state index >= 15 is 0 Å². The van der Waals surface area contributed by atoms with Gasteiger partial charge in [-0.25, -0.2) is 8.42 Å². The van der Waals surface area contributed by atoms with Crippen molar-refractivity contribution in [3.63, 3.8) is 0 Å². The summed E-state index contributed by atoms with van der Waals surface area (Å²) in [4.78, 5) is 13.1. The molecule has 0 radical (unpaired) electrons. The van der Waals surface area contributed by atoms with Crippen LogP contribution >= 0.6 is 0 Å². The normalized spacial score (nSPS) is 11.8. The summed E-state index contributed by atoms with van der Waals surface area (Å²) in [5, 5.41) is 3.59. The summed E-state index contributed by atoms with van der Waals surface area (Å²) in [5.74, 6) is -1.21. The molecule has 0 fully saturated rings. The average molecular weight is 543 g/mol. The lowest BCUT2D eigenvalue weighted by molar-refractivity contribution is -0.138. The number of carbonyl (C=O) groups is 1. The van der Waals surface area contributed by atoms with Gasteiger partial charge in [-0.3, -0.25) is 9.10 Å². The van der Waals surface area contributed by atoms with E-state index in [2.05, 4.69) is 5.32 Å². The van der Waals surface area contributed by atoms with Gasteiger partial charge in [0.1, 0.15) is 12.3 Å². The van der Waals surface area contributed by atoms with Gasteiger partial charge in [-0.1, -0.05) is 48.5 Å². The summed E-state index contributed by atoms with van der Waals surface area (Å²) >= 11 is 0. The minimum absolute atomic E-state index is 0.00751. The Kier molecular flexibility index (Phi) is 7.37. The van der Waals surface area contributed by atoms with Crippen molar-refractivity contribution in [2.45, 2.75) is 24.9 Å². The molecule has 4 aromatic carbocycles. The zero-order chi connectivity index (χ0) is 27.7. The molecule has 0 bridgehead atoms. The summed E-state index contributed by atoms with van der Waals surface area (Å²) in [5.41, 5.74) is 0.539. The number of alkyl halides is 3. The summed E-state index contributed by atoms with van der Waals surface area (Å²) in [7, 11) is -3.16. The van der Waals surface area contributed by atoms with Gasteiger partial charge in [0.15, 0.2) is 0 Å². The van der Waals surface area contributed by atoms with Crippen molar-refractivity contribution < 1.29 is 31.1 Å². The van der Waals surface area contributed by atoms with Crippen LogP contribution in [0.2, 0.25) is 0 Å². The summed E-state index contributed by atoms with van der Waals surface area (Å²) in [6.07, 6.45) is -4.71. The highest BCUT2D eigenvalue weighted by atomic mass is 32.2. The first kappa shape index (κ1) is 27.0. The van der Waals surface area contributed by atoms with Crippen LogP contribution in [-0.2, 0) is 21.0 Å². The third kappa shape index (κ3) is 5.31. The molecule has 0 spiro atoms. The highest BCUT2D eigenvalue weighted by Gasteiger charge is 2.35. The van der Waals surface area contributed by atoms with E-state index in [0.29, 0.717) is 22.0 Å². The van der Waals surface area contributed by atoms with Crippen LogP contribution in [0.1, 0.15) is 16.7 Å². The number of methoxy groups -OCH3 is 1. The molecule has 0 unspecified atom stereocenters. The molecule has 0 saturated heterocycles. The van der Waals surface area contributed by atoms with Crippen LogP contribution in [0, 0.1) is 13.8 Å². The SMILES string of the molecule is COc1ccc(NC(=O)CN(c2cccc(C)c2C)S(=O)(=O)c2cccc3ccccc23)cc1C(F)(F)F. The molecule has 6 nitrogen and oxygen atoms in total. The summed E-state index contributed by atoms with van der Waals surface area (Å²) in [6, 6.07) is 20.0. The zero-order valence-corrected chi connectivity index (χ0v) is 21.7. The quantitative estimate of drug-likeness (QED) is 0.297. The molecule has 0 aliphatic rings. The van der Waals surface area contributed by atoms with Gasteiger partial charge in [-0.2, -0.15) is 13.2 Å². The van der Waals surface area contributed by atoms with Gasteiger partial charge in [0.25, 0.3) is 10.0 Å². The van der Waals surface area contributed by atoms with Crippen LogP contribution in [-0.4, -0.2) is 28.0 Å². The smallest absolute Gasteiger partial charge is 0.420 e. The number of hydrogen-bond acceptors (Lipinski definition) is 4. The monoisotopic (exact) mass is 542 g/mol. The number of nitrogens with one attached hydrogen (secondary N) is 1. The van der Waals surface area contributed by atoms with Crippen LogP contribution in [0.3, 0.4) is 0 Å². The number of nitrogens with zero attached hydrogens (tertiary/aromatic N) is 1. The molecule has 0 aliphatic heterocycles. The fraction of sp³-hybridized carbons (Fsp3) is 0.179. The van der Waals surface area contributed by atoms with Crippen molar-refractivity contribution in [3.8, 4) is 5.75 Å².